The van der Waals surface area contributed by atoms with Crippen LogP contribution in [0.1, 0.15) is 37.9 Å². The lowest BCUT2D eigenvalue weighted by atomic mass is 10.0. The van der Waals surface area contributed by atoms with E-state index in [1.807, 2.05) is 23.2 Å². The number of thiophene rings is 1. The van der Waals surface area contributed by atoms with Crippen LogP contribution in [-0.4, -0.2) is 15.2 Å². The lowest BCUT2D eigenvalue weighted by Crippen LogP contribution is -2.08. The summed E-state index contributed by atoms with van der Waals surface area (Å²) >= 11 is 9.79. The van der Waals surface area contributed by atoms with Gasteiger partial charge >= 0.3 is 0 Å². The molecule has 18 heavy (non-hydrogen) atoms. The average Bonchev–Trinajstić information content (AvgIpc) is 2.86. The Labute approximate surface area is 120 Å². The number of rotatable bonds is 3. The van der Waals surface area contributed by atoms with Crippen molar-refractivity contribution in [1.29, 1.82) is 0 Å². The number of aromatic nitrogens is 2. The third-order valence-electron chi connectivity index (χ3n) is 3.33. The largest absolute Gasteiger partial charge is 0.221 e. The predicted molar refractivity (Wildman–Crippen MR) is 80.6 cm³/mol. The molecule has 1 fully saturated rings. The summed E-state index contributed by atoms with van der Waals surface area (Å²) in [6.07, 6.45) is 6.85. The minimum absolute atomic E-state index is 0.598. The highest BCUT2D eigenvalue weighted by Crippen LogP contribution is 2.31. The van der Waals surface area contributed by atoms with E-state index < -0.39 is 0 Å². The Morgan fingerprint density at radius 2 is 2.11 bits per heavy atom. The molecule has 0 aromatic carbocycles. The Balaban J connectivity index is 1.70. The number of thioether (sulfide) groups is 1. The van der Waals surface area contributed by atoms with Crippen LogP contribution >= 0.6 is 34.7 Å². The number of nitrogens with zero attached hydrogens (tertiary/aromatic N) is 2. The molecular weight excluding hydrogens is 284 g/mol. The van der Waals surface area contributed by atoms with E-state index >= 15 is 0 Å². The van der Waals surface area contributed by atoms with Gasteiger partial charge in [-0.1, -0.05) is 30.9 Å². The molecule has 0 atom stereocenters. The average molecular weight is 299 g/mol. The first-order valence-corrected chi connectivity index (χ1v) is 8.65. The summed E-state index contributed by atoms with van der Waals surface area (Å²) in [7, 11) is 0. The monoisotopic (exact) mass is 298 g/mol. The van der Waals surface area contributed by atoms with Crippen molar-refractivity contribution in [3.8, 4) is 0 Å². The first-order valence-electron chi connectivity index (χ1n) is 6.34. The lowest BCUT2D eigenvalue weighted by molar-refractivity contribution is 0.516. The molecule has 0 aliphatic heterocycles. The van der Waals surface area contributed by atoms with Gasteiger partial charge < -0.3 is 0 Å². The number of halogens is 1. The van der Waals surface area contributed by atoms with Crippen molar-refractivity contribution < 1.29 is 0 Å². The molecule has 0 unspecified atom stereocenters. The fraction of sp³-hybridized carbons (Fsp3) is 0.538. The van der Waals surface area contributed by atoms with Crippen molar-refractivity contribution in [3.63, 3.8) is 0 Å². The van der Waals surface area contributed by atoms with Gasteiger partial charge in [0, 0.05) is 10.6 Å². The van der Waals surface area contributed by atoms with Crippen LogP contribution in [-0.2, 0) is 5.75 Å². The number of hydrogen-bond donors (Lipinski definition) is 0. The third-order valence-corrected chi connectivity index (χ3v) is 5.79. The molecule has 96 valence electrons. The molecule has 2 nitrogen and oxygen atoms in total. The first kappa shape index (κ1) is 12.7. The second-order valence-corrected chi connectivity index (χ2v) is 7.18. The maximum atomic E-state index is 6.17. The standard InChI is InChI=1S/C13H15ClN2S2/c14-12-10-6-7-17-13(10)16-11(15-12)8-18-9-4-2-1-3-5-9/h6-7,9H,1-5,8H2. The molecule has 2 aromatic heterocycles. The van der Waals surface area contributed by atoms with Crippen LogP contribution in [0.2, 0.25) is 5.15 Å². The molecule has 0 amide bonds. The molecule has 1 saturated carbocycles. The molecule has 2 aromatic rings. The van der Waals surface area contributed by atoms with Crippen molar-refractivity contribution >= 4 is 44.9 Å². The van der Waals surface area contributed by atoms with E-state index in [4.69, 9.17) is 11.6 Å². The Morgan fingerprint density at radius 1 is 1.28 bits per heavy atom. The van der Waals surface area contributed by atoms with Crippen molar-refractivity contribution in [2.24, 2.45) is 0 Å². The molecule has 1 aliphatic rings. The lowest BCUT2D eigenvalue weighted by Gasteiger charge is -2.20. The van der Waals surface area contributed by atoms with Crippen LogP contribution in [0.5, 0.6) is 0 Å². The van der Waals surface area contributed by atoms with Crippen LogP contribution in [0.25, 0.3) is 10.2 Å². The van der Waals surface area contributed by atoms with Crippen LogP contribution in [0.3, 0.4) is 0 Å². The molecule has 3 rings (SSSR count). The smallest absolute Gasteiger partial charge is 0.141 e. The van der Waals surface area contributed by atoms with E-state index in [0.29, 0.717) is 5.15 Å². The van der Waals surface area contributed by atoms with Gasteiger partial charge in [-0.25, -0.2) is 9.97 Å². The van der Waals surface area contributed by atoms with Gasteiger partial charge in [-0.05, 0) is 24.3 Å². The highest BCUT2D eigenvalue weighted by Gasteiger charge is 2.15. The molecular formula is C13H15ClN2S2. The molecule has 2 heterocycles. The molecule has 0 spiro atoms. The maximum Gasteiger partial charge on any atom is 0.141 e. The quantitative estimate of drug-likeness (QED) is 0.753. The van der Waals surface area contributed by atoms with Crippen LogP contribution in [0.4, 0.5) is 0 Å². The molecule has 0 saturated heterocycles. The second kappa shape index (κ2) is 5.76. The summed E-state index contributed by atoms with van der Waals surface area (Å²) < 4.78 is 0. The zero-order chi connectivity index (χ0) is 12.4. The number of hydrogen-bond acceptors (Lipinski definition) is 4. The third kappa shape index (κ3) is 2.81. The van der Waals surface area contributed by atoms with Gasteiger partial charge in [0.15, 0.2) is 0 Å². The minimum Gasteiger partial charge on any atom is -0.221 e. The van der Waals surface area contributed by atoms with Crippen molar-refractivity contribution in [2.45, 2.75) is 43.1 Å². The van der Waals surface area contributed by atoms with Crippen molar-refractivity contribution in [1.82, 2.24) is 9.97 Å². The Bertz CT molecular complexity index is 535. The highest BCUT2D eigenvalue weighted by atomic mass is 35.5. The van der Waals surface area contributed by atoms with Gasteiger partial charge in [-0.3, -0.25) is 0 Å². The molecule has 5 heteroatoms. The van der Waals surface area contributed by atoms with Gasteiger partial charge in [0.1, 0.15) is 15.8 Å². The summed E-state index contributed by atoms with van der Waals surface area (Å²) in [6, 6.07) is 1.99. The van der Waals surface area contributed by atoms with Gasteiger partial charge in [-0.2, -0.15) is 11.8 Å². The Morgan fingerprint density at radius 3 is 2.94 bits per heavy atom. The summed E-state index contributed by atoms with van der Waals surface area (Å²) in [5.41, 5.74) is 0. The normalized spacial score (nSPS) is 17.4. The molecule has 1 aliphatic carbocycles. The first-order chi connectivity index (χ1) is 8.83. The van der Waals surface area contributed by atoms with Crippen molar-refractivity contribution in [2.75, 3.05) is 0 Å². The SMILES string of the molecule is Clc1nc(CSC2CCCCC2)nc2sccc12. The highest BCUT2D eigenvalue weighted by molar-refractivity contribution is 7.99. The number of fused-ring (bicyclic) bond motifs is 1. The second-order valence-electron chi connectivity index (χ2n) is 4.64. The van der Waals surface area contributed by atoms with Crippen LogP contribution < -0.4 is 0 Å². The van der Waals surface area contributed by atoms with E-state index in [1.165, 1.54) is 32.1 Å². The fourth-order valence-electron chi connectivity index (χ4n) is 2.35. The van der Waals surface area contributed by atoms with Crippen LogP contribution in [0.15, 0.2) is 11.4 Å². The topological polar surface area (TPSA) is 25.8 Å². The van der Waals surface area contributed by atoms with E-state index in [2.05, 4.69) is 9.97 Å². The predicted octanol–water partition coefficient (Wildman–Crippen LogP) is 4.91. The molecule has 0 N–H and O–H groups in total. The van der Waals surface area contributed by atoms with E-state index in [-0.39, 0.29) is 0 Å². The summed E-state index contributed by atoms with van der Waals surface area (Å²) in [6.45, 7) is 0. The fourth-order valence-corrected chi connectivity index (χ4v) is 4.62. The van der Waals surface area contributed by atoms with E-state index in [9.17, 15) is 0 Å². The zero-order valence-corrected chi connectivity index (χ0v) is 12.5. The Kier molecular flexibility index (Phi) is 4.07. The minimum atomic E-state index is 0.598. The van der Waals surface area contributed by atoms with E-state index in [0.717, 1.165) is 27.0 Å². The summed E-state index contributed by atoms with van der Waals surface area (Å²) in [5, 5.41) is 4.39. The molecule has 0 radical (unpaired) electrons. The van der Waals surface area contributed by atoms with Gasteiger partial charge in [-0.15, -0.1) is 11.3 Å². The summed E-state index contributed by atoms with van der Waals surface area (Å²) in [4.78, 5) is 9.99. The van der Waals surface area contributed by atoms with Crippen LogP contribution in [0, 0.1) is 0 Å². The zero-order valence-electron chi connectivity index (χ0n) is 10.1. The summed E-state index contributed by atoms with van der Waals surface area (Å²) in [5.74, 6) is 1.77. The molecule has 0 bridgehead atoms. The van der Waals surface area contributed by atoms with Gasteiger partial charge in [0.25, 0.3) is 0 Å². The maximum absolute atomic E-state index is 6.17. The van der Waals surface area contributed by atoms with Crippen molar-refractivity contribution in [3.05, 3.63) is 22.4 Å². The van der Waals surface area contributed by atoms with Gasteiger partial charge in [0.2, 0.25) is 0 Å². The Hall–Kier alpha value is -0.320. The van der Waals surface area contributed by atoms with E-state index in [1.54, 1.807) is 11.3 Å². The van der Waals surface area contributed by atoms with Gasteiger partial charge in [0.05, 0.1) is 5.75 Å².